The molecule has 28 heavy (non-hydrogen) atoms. The van der Waals surface area contributed by atoms with Gasteiger partial charge in [0.2, 0.25) is 5.91 Å². The van der Waals surface area contributed by atoms with E-state index in [0.29, 0.717) is 24.7 Å². The molecule has 0 spiro atoms. The zero-order chi connectivity index (χ0) is 20.3. The van der Waals surface area contributed by atoms with Crippen molar-refractivity contribution in [2.24, 2.45) is 0 Å². The number of hydrogen-bond acceptors (Lipinski definition) is 7. The van der Waals surface area contributed by atoms with Crippen molar-refractivity contribution in [3.63, 3.8) is 0 Å². The van der Waals surface area contributed by atoms with Crippen molar-refractivity contribution in [2.45, 2.75) is 13.1 Å². The van der Waals surface area contributed by atoms with Crippen molar-refractivity contribution in [3.8, 4) is 17.6 Å². The van der Waals surface area contributed by atoms with Gasteiger partial charge in [-0.25, -0.2) is 0 Å². The van der Waals surface area contributed by atoms with Gasteiger partial charge in [0.1, 0.15) is 31.4 Å². The van der Waals surface area contributed by atoms with Crippen LogP contribution in [-0.4, -0.2) is 40.6 Å². The number of amides is 1. The van der Waals surface area contributed by atoms with E-state index >= 15 is 0 Å². The van der Waals surface area contributed by atoms with Gasteiger partial charge in [-0.1, -0.05) is 6.07 Å². The monoisotopic (exact) mass is 384 g/mol. The predicted octanol–water partition coefficient (Wildman–Crippen LogP) is 1.06. The van der Waals surface area contributed by atoms with E-state index in [2.05, 4.69) is 0 Å². The van der Waals surface area contributed by atoms with Gasteiger partial charge in [-0.15, -0.1) is 0 Å². The number of nitro groups is 1. The van der Waals surface area contributed by atoms with E-state index in [1.807, 2.05) is 0 Å². The zero-order valence-corrected chi connectivity index (χ0v) is 15.0. The Balaban J connectivity index is 1.76. The molecule has 144 valence electrons. The quantitative estimate of drug-likeness (QED) is 0.557. The molecular weight excluding hydrogens is 368 g/mol. The standard InChI is InChI=1S/C18H16N4O6/c1-20(9-12-2-3-15-16(6-12)28-5-4-27-15)17(23)11-21-10-14(22(25)26)7-13(8-19)18(21)24/h2-3,6-7,10H,4-5,9,11H2,1H3. The summed E-state index contributed by atoms with van der Waals surface area (Å²) in [5.74, 6) is 0.788. The van der Waals surface area contributed by atoms with Crippen LogP contribution in [0.25, 0.3) is 0 Å². The van der Waals surface area contributed by atoms with E-state index in [9.17, 15) is 19.7 Å². The van der Waals surface area contributed by atoms with Crippen LogP contribution < -0.4 is 15.0 Å². The molecule has 0 bridgehead atoms. The number of fused-ring (bicyclic) bond motifs is 1. The molecule has 10 heteroatoms. The number of pyridine rings is 1. The number of aromatic nitrogens is 1. The molecular formula is C18H16N4O6. The zero-order valence-electron chi connectivity index (χ0n) is 15.0. The second kappa shape index (κ2) is 7.79. The van der Waals surface area contributed by atoms with Crippen LogP contribution in [0.15, 0.2) is 35.3 Å². The van der Waals surface area contributed by atoms with E-state index in [-0.39, 0.29) is 6.54 Å². The maximum Gasteiger partial charge on any atom is 0.287 e. The summed E-state index contributed by atoms with van der Waals surface area (Å²) < 4.78 is 11.8. The number of carbonyl (C=O) groups is 1. The van der Waals surface area contributed by atoms with Gasteiger partial charge in [0.15, 0.2) is 11.5 Å². The third-order valence-corrected chi connectivity index (χ3v) is 4.16. The van der Waals surface area contributed by atoms with E-state index < -0.39 is 34.2 Å². The lowest BCUT2D eigenvalue weighted by molar-refractivity contribution is -0.385. The highest BCUT2D eigenvalue weighted by molar-refractivity contribution is 5.75. The lowest BCUT2D eigenvalue weighted by atomic mass is 10.2. The van der Waals surface area contributed by atoms with E-state index in [1.54, 1.807) is 31.3 Å². The molecule has 1 aliphatic rings. The van der Waals surface area contributed by atoms with Gasteiger partial charge in [0, 0.05) is 19.7 Å². The molecule has 2 aromatic rings. The van der Waals surface area contributed by atoms with Crippen LogP contribution in [-0.2, 0) is 17.9 Å². The van der Waals surface area contributed by atoms with Crippen LogP contribution in [0.3, 0.4) is 0 Å². The first kappa shape index (κ1) is 18.9. The Morgan fingerprint density at radius 1 is 1.32 bits per heavy atom. The van der Waals surface area contributed by atoms with Crippen LogP contribution in [0.2, 0.25) is 0 Å². The maximum absolute atomic E-state index is 12.5. The summed E-state index contributed by atoms with van der Waals surface area (Å²) in [6.45, 7) is 0.746. The van der Waals surface area contributed by atoms with Gasteiger partial charge >= 0.3 is 0 Å². The van der Waals surface area contributed by atoms with E-state index in [4.69, 9.17) is 14.7 Å². The third-order valence-electron chi connectivity index (χ3n) is 4.16. The minimum absolute atomic E-state index is 0.240. The summed E-state index contributed by atoms with van der Waals surface area (Å²) in [5.41, 5.74) is -0.784. The third kappa shape index (κ3) is 3.93. The van der Waals surface area contributed by atoms with Gasteiger partial charge in [-0.3, -0.25) is 24.3 Å². The normalized spacial score (nSPS) is 12.1. The highest BCUT2D eigenvalue weighted by Gasteiger charge is 2.18. The second-order valence-corrected chi connectivity index (χ2v) is 6.14. The Kier molecular flexibility index (Phi) is 5.26. The Hall–Kier alpha value is -3.87. The predicted molar refractivity (Wildman–Crippen MR) is 96.0 cm³/mol. The fraction of sp³-hybridized carbons (Fsp3) is 0.278. The van der Waals surface area contributed by atoms with Gasteiger partial charge in [-0.2, -0.15) is 5.26 Å². The Bertz CT molecular complexity index is 1040. The van der Waals surface area contributed by atoms with E-state index in [1.165, 1.54) is 4.90 Å². The average Bonchev–Trinajstić information content (AvgIpc) is 2.69. The second-order valence-electron chi connectivity index (χ2n) is 6.14. The first-order valence-corrected chi connectivity index (χ1v) is 8.30. The number of nitrogens with zero attached hydrogens (tertiary/aromatic N) is 4. The molecule has 1 amide bonds. The van der Waals surface area contributed by atoms with E-state index in [0.717, 1.165) is 22.4 Å². The summed E-state index contributed by atoms with van der Waals surface area (Å²) >= 11 is 0. The van der Waals surface area contributed by atoms with Crippen LogP contribution in [0, 0.1) is 21.4 Å². The lowest BCUT2D eigenvalue weighted by Crippen LogP contribution is -2.34. The first-order chi connectivity index (χ1) is 13.4. The molecule has 0 saturated carbocycles. The van der Waals surface area contributed by atoms with Crippen LogP contribution in [0.5, 0.6) is 11.5 Å². The molecule has 0 atom stereocenters. The molecule has 1 aromatic carbocycles. The van der Waals surface area contributed by atoms with Crippen molar-refractivity contribution in [1.29, 1.82) is 5.26 Å². The average molecular weight is 384 g/mol. The lowest BCUT2D eigenvalue weighted by Gasteiger charge is -2.21. The molecule has 10 nitrogen and oxygen atoms in total. The molecule has 2 heterocycles. The molecule has 0 N–H and O–H groups in total. The fourth-order valence-electron chi connectivity index (χ4n) is 2.73. The molecule has 0 fully saturated rings. The minimum atomic E-state index is -0.755. The summed E-state index contributed by atoms with van der Waals surface area (Å²) in [7, 11) is 1.55. The van der Waals surface area contributed by atoms with Crippen molar-refractivity contribution < 1.29 is 19.2 Å². The Morgan fingerprint density at radius 3 is 2.71 bits per heavy atom. The maximum atomic E-state index is 12.5. The summed E-state index contributed by atoms with van der Waals surface area (Å²) in [6, 6.07) is 7.83. The summed E-state index contributed by atoms with van der Waals surface area (Å²) in [5, 5.41) is 20.0. The van der Waals surface area contributed by atoms with Crippen LogP contribution in [0.4, 0.5) is 5.69 Å². The number of hydrogen-bond donors (Lipinski definition) is 0. The number of carbonyl (C=O) groups excluding carboxylic acids is 1. The Morgan fingerprint density at radius 2 is 2.04 bits per heavy atom. The number of likely N-dealkylation sites (N-methyl/N-ethyl adjacent to an activating group) is 1. The summed E-state index contributed by atoms with van der Waals surface area (Å²) in [4.78, 5) is 36.3. The molecule has 0 unspecified atom stereocenters. The number of ether oxygens (including phenoxy) is 2. The van der Waals surface area contributed by atoms with Crippen molar-refractivity contribution in [1.82, 2.24) is 9.47 Å². The Labute approximate surface area is 159 Å². The van der Waals surface area contributed by atoms with Gasteiger partial charge in [0.25, 0.3) is 11.2 Å². The van der Waals surface area contributed by atoms with Gasteiger partial charge in [0.05, 0.1) is 11.1 Å². The van der Waals surface area contributed by atoms with Crippen molar-refractivity contribution in [2.75, 3.05) is 20.3 Å². The topological polar surface area (TPSA) is 128 Å². The summed E-state index contributed by atoms with van der Waals surface area (Å²) in [6.07, 6.45) is 0.957. The van der Waals surface area contributed by atoms with Gasteiger partial charge < -0.3 is 14.4 Å². The number of benzene rings is 1. The van der Waals surface area contributed by atoms with Gasteiger partial charge in [-0.05, 0) is 17.7 Å². The SMILES string of the molecule is CN(Cc1ccc2c(c1)OCCO2)C(=O)Cn1cc([N+](=O)[O-])cc(C#N)c1=O. The van der Waals surface area contributed by atoms with Crippen molar-refractivity contribution in [3.05, 3.63) is 62.1 Å². The first-order valence-electron chi connectivity index (χ1n) is 8.30. The minimum Gasteiger partial charge on any atom is -0.486 e. The number of nitriles is 1. The molecule has 0 aliphatic carbocycles. The highest BCUT2D eigenvalue weighted by Crippen LogP contribution is 2.31. The van der Waals surface area contributed by atoms with Crippen LogP contribution in [0.1, 0.15) is 11.1 Å². The molecule has 3 rings (SSSR count). The molecule has 1 aromatic heterocycles. The molecule has 0 radical (unpaired) electrons. The highest BCUT2D eigenvalue weighted by atomic mass is 16.6. The number of rotatable bonds is 5. The smallest absolute Gasteiger partial charge is 0.287 e. The largest absolute Gasteiger partial charge is 0.486 e. The van der Waals surface area contributed by atoms with Crippen molar-refractivity contribution >= 4 is 11.6 Å². The fourth-order valence-corrected chi connectivity index (χ4v) is 2.73. The molecule has 1 aliphatic heterocycles. The molecule has 0 saturated heterocycles. The van der Waals surface area contributed by atoms with Crippen LogP contribution >= 0.6 is 0 Å².